The van der Waals surface area contributed by atoms with Gasteiger partial charge in [-0.25, -0.2) is 9.48 Å². The number of allylic oxidation sites excluding steroid dienone is 1. The fourth-order valence-corrected chi connectivity index (χ4v) is 2.66. The number of carbonyl (C=O) groups excluding carboxylic acids is 1. The van der Waals surface area contributed by atoms with Crippen molar-refractivity contribution in [2.75, 3.05) is 19.0 Å². The number of nitrogens with zero attached hydrogens (tertiary/aromatic N) is 3. The third-order valence-electron chi connectivity index (χ3n) is 3.72. The highest BCUT2D eigenvalue weighted by molar-refractivity contribution is 5.92. The van der Waals surface area contributed by atoms with Gasteiger partial charge in [0.05, 0.1) is 19.3 Å². The minimum atomic E-state index is -0.390. The standard InChI is InChI=1S/C16H18N4O3/c1-4-23-15(21)13-10(2)19-16-17-9-18-20(16)14(13)11-5-7-12(22-3)8-6-11/h5-9,14H,4H2,1-3H3,(H,17,18,19). The van der Waals surface area contributed by atoms with Gasteiger partial charge in [0.15, 0.2) is 0 Å². The number of esters is 1. The summed E-state index contributed by atoms with van der Waals surface area (Å²) in [5.74, 6) is 0.982. The van der Waals surface area contributed by atoms with Gasteiger partial charge in [-0.05, 0) is 31.5 Å². The molecule has 1 unspecified atom stereocenters. The van der Waals surface area contributed by atoms with Crippen molar-refractivity contribution >= 4 is 11.9 Å². The Bertz CT molecular complexity index is 749. The molecule has 1 atom stereocenters. The lowest BCUT2D eigenvalue weighted by Gasteiger charge is -2.28. The van der Waals surface area contributed by atoms with Gasteiger partial charge in [0, 0.05) is 5.70 Å². The molecule has 2 heterocycles. The molecule has 120 valence electrons. The lowest BCUT2D eigenvalue weighted by atomic mass is 9.96. The minimum Gasteiger partial charge on any atom is -0.497 e. The van der Waals surface area contributed by atoms with E-state index in [1.54, 1.807) is 18.7 Å². The summed E-state index contributed by atoms with van der Waals surface area (Å²) in [7, 11) is 1.61. The van der Waals surface area contributed by atoms with Crippen LogP contribution in [0.25, 0.3) is 0 Å². The van der Waals surface area contributed by atoms with E-state index >= 15 is 0 Å². The average molecular weight is 314 g/mol. The van der Waals surface area contributed by atoms with Gasteiger partial charge < -0.3 is 14.8 Å². The number of hydrogen-bond acceptors (Lipinski definition) is 6. The number of hydrogen-bond donors (Lipinski definition) is 1. The zero-order chi connectivity index (χ0) is 16.4. The van der Waals surface area contributed by atoms with Crippen LogP contribution in [-0.2, 0) is 9.53 Å². The highest BCUT2D eigenvalue weighted by atomic mass is 16.5. The van der Waals surface area contributed by atoms with Gasteiger partial charge in [0.1, 0.15) is 18.1 Å². The molecular weight excluding hydrogens is 296 g/mol. The second kappa shape index (κ2) is 6.12. The number of aromatic nitrogens is 3. The Hall–Kier alpha value is -2.83. The summed E-state index contributed by atoms with van der Waals surface area (Å²) in [4.78, 5) is 16.6. The molecule has 2 aromatic rings. The third kappa shape index (κ3) is 2.65. The maximum atomic E-state index is 12.4. The summed E-state index contributed by atoms with van der Waals surface area (Å²) in [5, 5.41) is 7.35. The smallest absolute Gasteiger partial charge is 0.338 e. The zero-order valence-corrected chi connectivity index (χ0v) is 13.2. The van der Waals surface area contributed by atoms with E-state index in [9.17, 15) is 4.79 Å². The maximum Gasteiger partial charge on any atom is 0.338 e. The van der Waals surface area contributed by atoms with Crippen LogP contribution in [0.15, 0.2) is 41.9 Å². The van der Waals surface area contributed by atoms with Crippen molar-refractivity contribution in [3.8, 4) is 5.75 Å². The van der Waals surface area contributed by atoms with Gasteiger partial charge >= 0.3 is 5.97 Å². The molecule has 3 rings (SSSR count). The summed E-state index contributed by atoms with van der Waals surface area (Å²) in [6, 6.07) is 7.14. The van der Waals surface area contributed by atoms with Crippen molar-refractivity contribution in [3.63, 3.8) is 0 Å². The van der Waals surface area contributed by atoms with Crippen LogP contribution in [0.5, 0.6) is 5.75 Å². The SMILES string of the molecule is CCOC(=O)C1=C(C)Nc2ncnn2C1c1ccc(OC)cc1. The molecule has 1 N–H and O–H groups in total. The largest absolute Gasteiger partial charge is 0.497 e. The van der Waals surface area contributed by atoms with Crippen LogP contribution >= 0.6 is 0 Å². The predicted octanol–water partition coefficient (Wildman–Crippen LogP) is 2.14. The fourth-order valence-electron chi connectivity index (χ4n) is 2.66. The first-order valence-corrected chi connectivity index (χ1v) is 7.34. The normalized spacial score (nSPS) is 16.6. The number of nitrogens with one attached hydrogen (secondary N) is 1. The van der Waals surface area contributed by atoms with Gasteiger partial charge in [-0.3, -0.25) is 0 Å². The molecule has 0 radical (unpaired) electrons. The molecule has 0 amide bonds. The van der Waals surface area contributed by atoms with Crippen LogP contribution in [0.1, 0.15) is 25.5 Å². The van der Waals surface area contributed by atoms with E-state index in [0.29, 0.717) is 23.8 Å². The molecule has 1 aliphatic rings. The summed E-state index contributed by atoms with van der Waals surface area (Å²) in [6.07, 6.45) is 1.46. The monoisotopic (exact) mass is 314 g/mol. The minimum absolute atomic E-state index is 0.315. The molecule has 7 heteroatoms. The van der Waals surface area contributed by atoms with E-state index < -0.39 is 6.04 Å². The molecule has 23 heavy (non-hydrogen) atoms. The Morgan fingerprint density at radius 2 is 2.09 bits per heavy atom. The first-order chi connectivity index (χ1) is 11.2. The highest BCUT2D eigenvalue weighted by Crippen LogP contribution is 2.35. The second-order valence-electron chi connectivity index (χ2n) is 5.09. The maximum absolute atomic E-state index is 12.4. The van der Waals surface area contributed by atoms with Gasteiger partial charge in [-0.15, -0.1) is 0 Å². The van der Waals surface area contributed by atoms with E-state index in [1.807, 2.05) is 31.2 Å². The summed E-state index contributed by atoms with van der Waals surface area (Å²) < 4.78 is 12.1. The Kier molecular flexibility index (Phi) is 4.01. The molecule has 0 fully saturated rings. The lowest BCUT2D eigenvalue weighted by Crippen LogP contribution is -2.29. The lowest BCUT2D eigenvalue weighted by molar-refractivity contribution is -0.139. The number of rotatable bonds is 4. The molecule has 1 aliphatic heterocycles. The van der Waals surface area contributed by atoms with E-state index in [2.05, 4.69) is 15.4 Å². The quantitative estimate of drug-likeness (QED) is 0.871. The molecule has 7 nitrogen and oxygen atoms in total. The van der Waals surface area contributed by atoms with E-state index in [1.165, 1.54) is 6.33 Å². The Labute approximate surface area is 133 Å². The number of fused-ring (bicyclic) bond motifs is 1. The molecule has 0 saturated carbocycles. The first kappa shape index (κ1) is 15.1. The number of anilines is 1. The molecule has 0 spiro atoms. The summed E-state index contributed by atoms with van der Waals surface area (Å²) >= 11 is 0. The van der Waals surface area contributed by atoms with Crippen molar-refractivity contribution in [3.05, 3.63) is 47.4 Å². The van der Waals surface area contributed by atoms with Gasteiger partial charge in [-0.1, -0.05) is 12.1 Å². The summed E-state index contributed by atoms with van der Waals surface area (Å²) in [6.45, 7) is 3.93. The first-order valence-electron chi connectivity index (χ1n) is 7.34. The molecular formula is C16H18N4O3. The predicted molar refractivity (Wildman–Crippen MR) is 84.1 cm³/mol. The molecule has 0 saturated heterocycles. The van der Waals surface area contributed by atoms with E-state index in [0.717, 1.165) is 11.3 Å². The van der Waals surface area contributed by atoms with E-state index in [-0.39, 0.29) is 5.97 Å². The van der Waals surface area contributed by atoms with Crippen LogP contribution in [0.2, 0.25) is 0 Å². The van der Waals surface area contributed by atoms with Crippen molar-refractivity contribution in [2.45, 2.75) is 19.9 Å². The fraction of sp³-hybridized carbons (Fsp3) is 0.312. The molecule has 0 bridgehead atoms. The number of benzene rings is 1. The third-order valence-corrected chi connectivity index (χ3v) is 3.72. The summed E-state index contributed by atoms with van der Waals surface area (Å²) in [5.41, 5.74) is 2.14. The van der Waals surface area contributed by atoms with Crippen molar-refractivity contribution in [2.24, 2.45) is 0 Å². The van der Waals surface area contributed by atoms with Crippen LogP contribution < -0.4 is 10.1 Å². The number of methoxy groups -OCH3 is 1. The Balaban J connectivity index is 2.10. The molecule has 1 aromatic carbocycles. The van der Waals surface area contributed by atoms with Crippen LogP contribution in [0.3, 0.4) is 0 Å². The van der Waals surface area contributed by atoms with Gasteiger partial charge in [-0.2, -0.15) is 10.1 Å². The number of carbonyl (C=O) groups is 1. The highest BCUT2D eigenvalue weighted by Gasteiger charge is 2.34. The van der Waals surface area contributed by atoms with Crippen LogP contribution in [0.4, 0.5) is 5.95 Å². The average Bonchev–Trinajstić information content (AvgIpc) is 3.01. The topological polar surface area (TPSA) is 78.3 Å². The molecule has 1 aromatic heterocycles. The van der Waals surface area contributed by atoms with Crippen LogP contribution in [0, 0.1) is 0 Å². The molecule has 0 aliphatic carbocycles. The second-order valence-corrected chi connectivity index (χ2v) is 5.09. The number of ether oxygens (including phenoxy) is 2. The van der Waals surface area contributed by atoms with Crippen molar-refractivity contribution in [1.82, 2.24) is 14.8 Å². The zero-order valence-electron chi connectivity index (χ0n) is 13.2. The van der Waals surface area contributed by atoms with Gasteiger partial charge in [0.25, 0.3) is 0 Å². The van der Waals surface area contributed by atoms with Crippen molar-refractivity contribution in [1.29, 1.82) is 0 Å². The van der Waals surface area contributed by atoms with E-state index in [4.69, 9.17) is 9.47 Å². The van der Waals surface area contributed by atoms with Gasteiger partial charge in [0.2, 0.25) is 5.95 Å². The Morgan fingerprint density at radius 3 is 2.74 bits per heavy atom. The van der Waals surface area contributed by atoms with Crippen LogP contribution in [-0.4, -0.2) is 34.5 Å². The Morgan fingerprint density at radius 1 is 1.35 bits per heavy atom. The van der Waals surface area contributed by atoms with Crippen molar-refractivity contribution < 1.29 is 14.3 Å².